The third kappa shape index (κ3) is 4.00. The van der Waals surface area contributed by atoms with Crippen LogP contribution in [0.25, 0.3) is 0 Å². The van der Waals surface area contributed by atoms with E-state index < -0.39 is 5.66 Å². The molecule has 6 nitrogen and oxygen atoms in total. The number of aliphatic imine (C=N–C) groups is 2. The number of halogens is 2. The molecule has 1 aliphatic rings. The molecule has 0 spiro atoms. The van der Waals surface area contributed by atoms with Crippen LogP contribution in [0.3, 0.4) is 0 Å². The second-order valence-electron chi connectivity index (χ2n) is 4.72. The number of benzene rings is 1. The normalized spacial score (nSPS) is 17.0. The number of hydroxylamine groups is 1. The van der Waals surface area contributed by atoms with E-state index in [4.69, 9.17) is 33.8 Å². The van der Waals surface area contributed by atoms with E-state index in [1.54, 1.807) is 12.1 Å². The first kappa shape index (κ1) is 14.9. The zero-order valence-electron chi connectivity index (χ0n) is 11.1. The lowest BCUT2D eigenvalue weighted by Gasteiger charge is -2.24. The van der Waals surface area contributed by atoms with Gasteiger partial charge < -0.3 is 5.73 Å². The highest BCUT2D eigenvalue weighted by Crippen LogP contribution is 2.22. The van der Waals surface area contributed by atoms with Gasteiger partial charge >= 0.3 is 0 Å². The van der Waals surface area contributed by atoms with Gasteiger partial charge in [0.15, 0.2) is 11.6 Å². The highest BCUT2D eigenvalue weighted by molar-refractivity contribution is 6.42. The molecule has 1 aromatic rings. The first-order chi connectivity index (χ1) is 9.35. The minimum absolute atomic E-state index is 0.283. The Morgan fingerprint density at radius 1 is 1.30 bits per heavy atom. The minimum atomic E-state index is -0.620. The van der Waals surface area contributed by atoms with E-state index in [0.717, 1.165) is 5.56 Å². The fourth-order valence-corrected chi connectivity index (χ4v) is 1.96. The maximum Gasteiger partial charge on any atom is 0.225 e. The van der Waals surface area contributed by atoms with Gasteiger partial charge in [-0.1, -0.05) is 29.3 Å². The smallest absolute Gasteiger partial charge is 0.225 e. The van der Waals surface area contributed by atoms with E-state index in [0.29, 0.717) is 22.6 Å². The van der Waals surface area contributed by atoms with E-state index >= 15 is 0 Å². The van der Waals surface area contributed by atoms with Crippen molar-refractivity contribution < 1.29 is 4.84 Å². The predicted octanol–water partition coefficient (Wildman–Crippen LogP) is 2.02. The molecule has 0 unspecified atom stereocenters. The Hall–Kier alpha value is -1.50. The Labute approximate surface area is 127 Å². The molecule has 0 amide bonds. The Morgan fingerprint density at radius 2 is 2.05 bits per heavy atom. The fourth-order valence-electron chi connectivity index (χ4n) is 1.64. The number of nitrogens with two attached hydrogens (primary N) is 1. The average molecular weight is 316 g/mol. The summed E-state index contributed by atoms with van der Waals surface area (Å²) in [5.74, 6) is 0.688. The van der Waals surface area contributed by atoms with Crippen LogP contribution in [0.1, 0.15) is 19.4 Å². The van der Waals surface area contributed by atoms with Gasteiger partial charge in [0.25, 0.3) is 0 Å². The lowest BCUT2D eigenvalue weighted by atomic mass is 10.2. The Kier molecular flexibility index (Phi) is 4.37. The SMILES string of the molecule is CC1(C)N=C(N)NC(NOCc2ccc(Cl)c(Cl)c2)=N1. The first-order valence-electron chi connectivity index (χ1n) is 5.90. The number of hydrogen-bond acceptors (Lipinski definition) is 6. The molecular weight excluding hydrogens is 301 g/mol. The van der Waals surface area contributed by atoms with E-state index in [2.05, 4.69) is 20.8 Å². The van der Waals surface area contributed by atoms with E-state index in [1.807, 2.05) is 19.9 Å². The molecule has 4 N–H and O–H groups in total. The number of nitrogens with zero attached hydrogens (tertiary/aromatic N) is 2. The first-order valence-corrected chi connectivity index (χ1v) is 6.65. The Balaban J connectivity index is 1.90. The molecule has 0 saturated heterocycles. The van der Waals surface area contributed by atoms with Gasteiger partial charge in [-0.05, 0) is 31.5 Å². The maximum atomic E-state index is 5.92. The minimum Gasteiger partial charge on any atom is -0.370 e. The molecule has 1 heterocycles. The van der Waals surface area contributed by atoms with Crippen molar-refractivity contribution in [2.45, 2.75) is 26.1 Å². The summed E-state index contributed by atoms with van der Waals surface area (Å²) in [4.78, 5) is 13.7. The van der Waals surface area contributed by atoms with E-state index in [1.165, 1.54) is 0 Å². The molecular formula is C12H15Cl2N5O. The molecule has 0 bridgehead atoms. The van der Waals surface area contributed by atoms with Crippen molar-refractivity contribution in [3.8, 4) is 0 Å². The lowest BCUT2D eigenvalue weighted by molar-refractivity contribution is 0.0686. The Bertz CT molecular complexity index is 571. The monoisotopic (exact) mass is 315 g/mol. The molecule has 0 radical (unpaired) electrons. The number of rotatable bonds is 3. The van der Waals surface area contributed by atoms with Gasteiger partial charge in [0.1, 0.15) is 0 Å². The summed E-state index contributed by atoms with van der Waals surface area (Å²) in [6.45, 7) is 3.97. The summed E-state index contributed by atoms with van der Waals surface area (Å²) < 4.78 is 0. The molecule has 0 atom stereocenters. The highest BCUT2D eigenvalue weighted by Gasteiger charge is 2.21. The highest BCUT2D eigenvalue weighted by atomic mass is 35.5. The second-order valence-corrected chi connectivity index (χ2v) is 5.53. The molecule has 20 heavy (non-hydrogen) atoms. The summed E-state index contributed by atoms with van der Waals surface area (Å²) in [6, 6.07) is 5.28. The fraction of sp³-hybridized carbons (Fsp3) is 0.333. The molecule has 0 aliphatic carbocycles. The summed E-state index contributed by atoms with van der Waals surface area (Å²) in [5, 5.41) is 3.76. The Morgan fingerprint density at radius 3 is 2.70 bits per heavy atom. The van der Waals surface area contributed by atoms with Crippen molar-refractivity contribution >= 4 is 35.1 Å². The van der Waals surface area contributed by atoms with E-state index in [-0.39, 0.29) is 5.96 Å². The predicted molar refractivity (Wildman–Crippen MR) is 80.7 cm³/mol. The van der Waals surface area contributed by atoms with Crippen molar-refractivity contribution in [1.29, 1.82) is 0 Å². The van der Waals surface area contributed by atoms with Crippen LogP contribution in [0.5, 0.6) is 0 Å². The zero-order valence-corrected chi connectivity index (χ0v) is 12.6. The van der Waals surface area contributed by atoms with Crippen LogP contribution in [0.2, 0.25) is 10.0 Å². The standard InChI is InChI=1S/C12H15Cl2N5O/c1-12(2)17-10(15)16-11(18-12)19-20-6-7-3-4-8(13)9(14)5-7/h3-5H,6H2,1-2H3,(H4,15,16,17,18,19). The molecule has 8 heteroatoms. The van der Waals surface area contributed by atoms with Crippen LogP contribution < -0.4 is 16.5 Å². The number of hydrogen-bond donors (Lipinski definition) is 3. The largest absolute Gasteiger partial charge is 0.370 e. The molecule has 1 aromatic carbocycles. The van der Waals surface area contributed by atoms with Gasteiger partial charge in [0, 0.05) is 0 Å². The van der Waals surface area contributed by atoms with Crippen LogP contribution in [-0.2, 0) is 11.4 Å². The van der Waals surface area contributed by atoms with E-state index in [9.17, 15) is 0 Å². The third-order valence-corrected chi connectivity index (χ3v) is 3.16. The van der Waals surface area contributed by atoms with Gasteiger partial charge in [-0.25, -0.2) is 15.5 Å². The topological polar surface area (TPSA) is 84.0 Å². The van der Waals surface area contributed by atoms with Gasteiger partial charge in [-0.3, -0.25) is 10.2 Å². The summed E-state index contributed by atoms with van der Waals surface area (Å²) in [6.07, 6.45) is 0. The molecule has 0 saturated carbocycles. The van der Waals surface area contributed by atoms with Crippen molar-refractivity contribution in [3.05, 3.63) is 33.8 Å². The number of guanidine groups is 2. The quantitative estimate of drug-likeness (QED) is 0.745. The maximum absolute atomic E-state index is 5.92. The summed E-state index contributed by atoms with van der Waals surface area (Å²) in [5.41, 5.74) is 8.60. The van der Waals surface area contributed by atoms with Gasteiger partial charge in [0.05, 0.1) is 16.7 Å². The van der Waals surface area contributed by atoms with Crippen molar-refractivity contribution in [3.63, 3.8) is 0 Å². The van der Waals surface area contributed by atoms with Crippen LogP contribution >= 0.6 is 23.2 Å². The molecule has 0 fully saturated rings. The molecule has 1 aliphatic heterocycles. The summed E-state index contributed by atoms with van der Waals surface area (Å²) in [7, 11) is 0. The average Bonchev–Trinajstić information content (AvgIpc) is 2.31. The molecule has 0 aromatic heterocycles. The lowest BCUT2D eigenvalue weighted by Crippen LogP contribution is -2.50. The molecule has 108 valence electrons. The van der Waals surface area contributed by atoms with Gasteiger partial charge in [-0.2, -0.15) is 0 Å². The van der Waals surface area contributed by atoms with Crippen LogP contribution in [-0.4, -0.2) is 17.6 Å². The van der Waals surface area contributed by atoms with Gasteiger partial charge in [-0.15, -0.1) is 0 Å². The van der Waals surface area contributed by atoms with Crippen molar-refractivity contribution in [2.24, 2.45) is 15.7 Å². The number of nitrogens with one attached hydrogen (secondary N) is 2. The van der Waals surface area contributed by atoms with Crippen molar-refractivity contribution in [1.82, 2.24) is 10.8 Å². The zero-order chi connectivity index (χ0) is 14.8. The van der Waals surface area contributed by atoms with Crippen LogP contribution in [0.15, 0.2) is 28.2 Å². The van der Waals surface area contributed by atoms with Crippen LogP contribution in [0.4, 0.5) is 0 Å². The summed E-state index contributed by atoms with van der Waals surface area (Å²) >= 11 is 11.8. The van der Waals surface area contributed by atoms with Crippen LogP contribution in [0, 0.1) is 0 Å². The van der Waals surface area contributed by atoms with Crippen molar-refractivity contribution in [2.75, 3.05) is 0 Å². The van der Waals surface area contributed by atoms with Gasteiger partial charge in [0.2, 0.25) is 5.96 Å². The molecule has 2 rings (SSSR count). The third-order valence-electron chi connectivity index (χ3n) is 2.42. The second kappa shape index (κ2) is 5.87.